The number of nitrogens with zero attached hydrogens (tertiary/aromatic N) is 3. The standard InChI is InChI=1S/C13H12N4O3.Na/c18-9-6-4-8(5-7-9)13(19)15-14-10-2-1-3-11-12(10)17-20-16-11;/h4-7,18H,1-3H2,(H,15,19);/q;+1/p-1/b14-10-;. The largest absolute Gasteiger partial charge is 1.00 e. The van der Waals surface area contributed by atoms with Gasteiger partial charge in [0, 0.05) is 5.56 Å². The van der Waals surface area contributed by atoms with Crippen molar-refractivity contribution in [3.8, 4) is 5.75 Å². The molecule has 0 unspecified atom stereocenters. The second-order valence-corrected chi connectivity index (χ2v) is 4.44. The number of rotatable bonds is 2. The molecule has 0 bridgehead atoms. The molecule has 1 aromatic carbocycles. The van der Waals surface area contributed by atoms with Crippen LogP contribution in [0.3, 0.4) is 0 Å². The molecule has 1 heterocycles. The van der Waals surface area contributed by atoms with E-state index in [1.165, 1.54) is 24.3 Å². The van der Waals surface area contributed by atoms with Crippen LogP contribution in [-0.2, 0) is 6.42 Å². The molecular formula is C13H11N4NaO3. The van der Waals surface area contributed by atoms with Gasteiger partial charge in [0.05, 0.1) is 5.71 Å². The van der Waals surface area contributed by atoms with E-state index in [2.05, 4.69) is 25.5 Å². The third kappa shape index (κ3) is 3.49. The first-order valence-electron chi connectivity index (χ1n) is 6.20. The van der Waals surface area contributed by atoms with Gasteiger partial charge in [0.25, 0.3) is 5.91 Å². The summed E-state index contributed by atoms with van der Waals surface area (Å²) in [6.07, 6.45) is 2.40. The summed E-state index contributed by atoms with van der Waals surface area (Å²) in [5, 5.41) is 22.6. The zero-order chi connectivity index (χ0) is 13.9. The molecule has 1 aliphatic rings. The van der Waals surface area contributed by atoms with Crippen molar-refractivity contribution in [3.05, 3.63) is 41.2 Å². The molecule has 21 heavy (non-hydrogen) atoms. The molecule has 102 valence electrons. The van der Waals surface area contributed by atoms with Crippen molar-refractivity contribution in [2.75, 3.05) is 0 Å². The Kier molecular flexibility index (Phi) is 5.11. The second-order valence-electron chi connectivity index (χ2n) is 4.44. The normalized spacial score (nSPS) is 15.1. The number of aryl methyl sites for hydroxylation is 1. The van der Waals surface area contributed by atoms with Crippen LogP contribution in [0.15, 0.2) is 34.0 Å². The number of amides is 1. The van der Waals surface area contributed by atoms with Crippen LogP contribution in [0.4, 0.5) is 0 Å². The van der Waals surface area contributed by atoms with Gasteiger partial charge in [-0.05, 0) is 24.4 Å². The predicted octanol–water partition coefficient (Wildman–Crippen LogP) is -2.38. The minimum absolute atomic E-state index is 0. The summed E-state index contributed by atoms with van der Waals surface area (Å²) in [6.45, 7) is 0. The van der Waals surface area contributed by atoms with Crippen molar-refractivity contribution < 1.29 is 44.1 Å². The minimum atomic E-state index is -0.374. The number of benzene rings is 1. The Morgan fingerprint density at radius 2 is 2.00 bits per heavy atom. The van der Waals surface area contributed by atoms with Crippen molar-refractivity contribution in [2.24, 2.45) is 5.10 Å². The summed E-state index contributed by atoms with van der Waals surface area (Å²) < 4.78 is 4.67. The van der Waals surface area contributed by atoms with Gasteiger partial charge in [-0.15, -0.1) is 5.75 Å². The Balaban J connectivity index is 0.00000161. The van der Waals surface area contributed by atoms with Gasteiger partial charge in [0.15, 0.2) is 5.69 Å². The molecular weight excluding hydrogens is 283 g/mol. The van der Waals surface area contributed by atoms with Crippen LogP contribution in [0, 0.1) is 0 Å². The molecule has 1 amide bonds. The third-order valence-corrected chi connectivity index (χ3v) is 3.07. The Labute approximate surface area is 142 Å². The van der Waals surface area contributed by atoms with Gasteiger partial charge in [0.1, 0.15) is 5.69 Å². The molecule has 0 saturated carbocycles. The van der Waals surface area contributed by atoms with Crippen molar-refractivity contribution >= 4 is 11.6 Å². The topological polar surface area (TPSA) is 103 Å². The molecule has 2 aromatic rings. The van der Waals surface area contributed by atoms with E-state index < -0.39 is 0 Å². The number of hydrogen-bond donors (Lipinski definition) is 1. The van der Waals surface area contributed by atoms with Crippen LogP contribution in [0.5, 0.6) is 5.75 Å². The van der Waals surface area contributed by atoms with Gasteiger partial charge in [-0.3, -0.25) is 4.79 Å². The number of carbonyl (C=O) groups is 1. The Morgan fingerprint density at radius 3 is 2.76 bits per heavy atom. The Hall–Kier alpha value is -1.70. The molecule has 3 rings (SSSR count). The van der Waals surface area contributed by atoms with Crippen molar-refractivity contribution in [1.29, 1.82) is 0 Å². The summed E-state index contributed by atoms with van der Waals surface area (Å²) in [6, 6.07) is 5.59. The van der Waals surface area contributed by atoms with Gasteiger partial charge < -0.3 is 5.11 Å². The zero-order valence-corrected chi connectivity index (χ0v) is 13.5. The SMILES string of the molecule is O=C(N/N=C1/CCCc2nonc21)c1ccc([O-])cc1.[Na+]. The first-order chi connectivity index (χ1) is 9.74. The molecule has 0 fully saturated rings. The fourth-order valence-electron chi connectivity index (χ4n) is 2.03. The van der Waals surface area contributed by atoms with Crippen LogP contribution in [-0.4, -0.2) is 21.9 Å². The average Bonchev–Trinajstić information content (AvgIpc) is 2.94. The predicted molar refractivity (Wildman–Crippen MR) is 67.1 cm³/mol. The molecule has 1 N–H and O–H groups in total. The van der Waals surface area contributed by atoms with Crippen LogP contribution >= 0.6 is 0 Å². The fraction of sp³-hybridized carbons (Fsp3) is 0.231. The summed E-state index contributed by atoms with van der Waals surface area (Å²) in [5.41, 5.74) is 4.86. The summed E-state index contributed by atoms with van der Waals surface area (Å²) in [4.78, 5) is 11.9. The first-order valence-corrected chi connectivity index (χ1v) is 6.20. The van der Waals surface area contributed by atoms with Crippen LogP contribution < -0.4 is 40.1 Å². The van der Waals surface area contributed by atoms with Crippen LogP contribution in [0.1, 0.15) is 34.6 Å². The number of nitrogens with one attached hydrogen (secondary N) is 1. The maximum atomic E-state index is 11.9. The number of fused-ring (bicyclic) bond motifs is 1. The summed E-state index contributed by atoms with van der Waals surface area (Å²) >= 11 is 0. The number of hydrazone groups is 1. The molecule has 8 heteroatoms. The zero-order valence-electron chi connectivity index (χ0n) is 11.5. The number of carbonyl (C=O) groups excluding carboxylic acids is 1. The van der Waals surface area contributed by atoms with E-state index in [1.54, 1.807) is 0 Å². The molecule has 0 radical (unpaired) electrons. The van der Waals surface area contributed by atoms with Crippen molar-refractivity contribution in [3.63, 3.8) is 0 Å². The maximum Gasteiger partial charge on any atom is 1.00 e. The molecule has 0 saturated heterocycles. The Morgan fingerprint density at radius 1 is 1.24 bits per heavy atom. The minimum Gasteiger partial charge on any atom is -0.872 e. The summed E-state index contributed by atoms with van der Waals surface area (Å²) in [7, 11) is 0. The van der Waals surface area contributed by atoms with Crippen molar-refractivity contribution in [2.45, 2.75) is 19.3 Å². The molecule has 0 aliphatic heterocycles. The smallest absolute Gasteiger partial charge is 0.872 e. The molecule has 0 atom stereocenters. The Bertz CT molecular complexity index is 666. The van der Waals surface area contributed by atoms with Crippen LogP contribution in [0.25, 0.3) is 0 Å². The van der Waals surface area contributed by atoms with Crippen molar-refractivity contribution in [1.82, 2.24) is 15.7 Å². The second kappa shape index (κ2) is 6.84. The molecule has 1 aliphatic carbocycles. The fourth-order valence-corrected chi connectivity index (χ4v) is 2.03. The van der Waals surface area contributed by atoms with E-state index in [0.29, 0.717) is 23.4 Å². The third-order valence-electron chi connectivity index (χ3n) is 3.07. The van der Waals surface area contributed by atoms with Gasteiger partial charge in [0.2, 0.25) is 0 Å². The first kappa shape index (κ1) is 15.7. The molecule has 0 spiro atoms. The van der Waals surface area contributed by atoms with E-state index in [-0.39, 0.29) is 41.2 Å². The van der Waals surface area contributed by atoms with Gasteiger partial charge in [-0.25, -0.2) is 10.1 Å². The van der Waals surface area contributed by atoms with E-state index in [9.17, 15) is 9.90 Å². The van der Waals surface area contributed by atoms with Gasteiger partial charge in [-0.2, -0.15) is 5.10 Å². The van der Waals surface area contributed by atoms with Gasteiger partial charge in [-0.1, -0.05) is 29.4 Å². The van der Waals surface area contributed by atoms with Crippen LogP contribution in [0.2, 0.25) is 0 Å². The van der Waals surface area contributed by atoms with E-state index >= 15 is 0 Å². The number of hydrogen-bond acceptors (Lipinski definition) is 6. The average molecular weight is 294 g/mol. The monoisotopic (exact) mass is 294 g/mol. The van der Waals surface area contributed by atoms with Gasteiger partial charge >= 0.3 is 29.6 Å². The maximum absolute atomic E-state index is 11.9. The van der Waals surface area contributed by atoms with E-state index in [0.717, 1.165) is 18.5 Å². The molecule has 1 aromatic heterocycles. The quantitative estimate of drug-likeness (QED) is 0.492. The van der Waals surface area contributed by atoms with E-state index in [4.69, 9.17) is 0 Å². The number of aromatic nitrogens is 2. The molecule has 7 nitrogen and oxygen atoms in total. The van der Waals surface area contributed by atoms with E-state index in [1.807, 2.05) is 0 Å². The summed E-state index contributed by atoms with van der Waals surface area (Å²) in [5.74, 6) is -0.514.